The molecule has 0 aliphatic carbocycles. The molecule has 1 aromatic rings. The highest BCUT2D eigenvalue weighted by molar-refractivity contribution is 5.38. The Labute approximate surface area is 97.1 Å². The van der Waals surface area contributed by atoms with Gasteiger partial charge in [0.05, 0.1) is 6.20 Å². The lowest BCUT2D eigenvalue weighted by Gasteiger charge is -2.38. The third-order valence-corrected chi connectivity index (χ3v) is 3.07. The predicted molar refractivity (Wildman–Crippen MR) is 65.5 cm³/mol. The van der Waals surface area contributed by atoms with Gasteiger partial charge in [-0.05, 0) is 39.8 Å². The Hall–Kier alpha value is -1.16. The molecule has 0 radical (unpaired) electrons. The summed E-state index contributed by atoms with van der Waals surface area (Å²) >= 11 is 0. The van der Waals surface area contributed by atoms with Crippen LogP contribution in [-0.4, -0.2) is 35.1 Å². The number of anilines is 1. The van der Waals surface area contributed by atoms with Crippen molar-refractivity contribution in [2.75, 3.05) is 18.0 Å². The predicted octanol–water partition coefficient (Wildman–Crippen LogP) is 1.44. The number of rotatable bonds is 3. The molecule has 0 bridgehead atoms. The van der Waals surface area contributed by atoms with Gasteiger partial charge in [-0.3, -0.25) is 4.98 Å². The summed E-state index contributed by atoms with van der Waals surface area (Å²) in [6, 6.07) is 1.07. The summed E-state index contributed by atoms with van der Waals surface area (Å²) in [7, 11) is 0. The summed E-state index contributed by atoms with van der Waals surface area (Å²) in [6.07, 6.45) is 7.74. The lowest BCUT2D eigenvalue weighted by molar-refractivity contribution is 0.410. The molecule has 1 aliphatic heterocycles. The first-order valence-corrected chi connectivity index (χ1v) is 6.04. The van der Waals surface area contributed by atoms with E-state index in [9.17, 15) is 0 Å². The molecule has 0 aromatic carbocycles. The van der Waals surface area contributed by atoms with Crippen molar-refractivity contribution in [1.29, 1.82) is 0 Å². The summed E-state index contributed by atoms with van der Waals surface area (Å²) < 4.78 is 0. The first-order valence-electron chi connectivity index (χ1n) is 6.04. The molecule has 2 heterocycles. The normalized spacial score (nSPS) is 17.7. The van der Waals surface area contributed by atoms with Gasteiger partial charge >= 0.3 is 0 Å². The maximum atomic E-state index is 4.42. The minimum absolute atomic E-state index is 0.472. The lowest BCUT2D eigenvalue weighted by atomic mass is 10.0. The second-order valence-electron chi connectivity index (χ2n) is 4.55. The van der Waals surface area contributed by atoms with Gasteiger partial charge in [0.25, 0.3) is 0 Å². The van der Waals surface area contributed by atoms with E-state index in [4.69, 9.17) is 0 Å². The van der Waals surface area contributed by atoms with Gasteiger partial charge in [0, 0.05) is 24.5 Å². The molecule has 1 N–H and O–H groups in total. The van der Waals surface area contributed by atoms with Crippen LogP contribution >= 0.6 is 0 Å². The molecule has 1 saturated heterocycles. The van der Waals surface area contributed by atoms with Gasteiger partial charge in [-0.15, -0.1) is 0 Å². The van der Waals surface area contributed by atoms with Crippen LogP contribution in [0.3, 0.4) is 0 Å². The van der Waals surface area contributed by atoms with Crippen LogP contribution in [0.2, 0.25) is 0 Å². The van der Waals surface area contributed by atoms with E-state index in [2.05, 4.69) is 34.0 Å². The largest absolute Gasteiger partial charge is 0.350 e. The van der Waals surface area contributed by atoms with Crippen molar-refractivity contribution in [3.05, 3.63) is 18.6 Å². The second kappa shape index (κ2) is 5.25. The highest BCUT2D eigenvalue weighted by atomic mass is 15.2. The zero-order valence-electron chi connectivity index (χ0n) is 10.1. The molecule has 1 aliphatic rings. The van der Waals surface area contributed by atoms with Crippen molar-refractivity contribution in [1.82, 2.24) is 15.3 Å². The monoisotopic (exact) mass is 220 g/mol. The molecule has 0 amide bonds. The molecule has 2 rings (SSSR count). The summed E-state index contributed by atoms with van der Waals surface area (Å²) in [5.74, 6) is 1.00. The first-order chi connectivity index (χ1) is 7.79. The van der Waals surface area contributed by atoms with E-state index in [-0.39, 0.29) is 0 Å². The topological polar surface area (TPSA) is 41.1 Å². The van der Waals surface area contributed by atoms with E-state index < -0.39 is 0 Å². The van der Waals surface area contributed by atoms with Crippen LogP contribution in [0.25, 0.3) is 0 Å². The Morgan fingerprint density at radius 3 is 2.62 bits per heavy atom. The smallest absolute Gasteiger partial charge is 0.147 e. The van der Waals surface area contributed by atoms with Crippen molar-refractivity contribution < 1.29 is 0 Å². The molecule has 0 saturated carbocycles. The van der Waals surface area contributed by atoms with Crippen molar-refractivity contribution in [2.24, 2.45) is 0 Å². The number of aromatic nitrogens is 2. The number of nitrogens with one attached hydrogen (secondary N) is 1. The zero-order chi connectivity index (χ0) is 11.4. The molecule has 88 valence electrons. The summed E-state index contributed by atoms with van der Waals surface area (Å²) in [5, 5.41) is 3.40. The van der Waals surface area contributed by atoms with Gasteiger partial charge < -0.3 is 10.2 Å². The molecule has 4 heteroatoms. The van der Waals surface area contributed by atoms with Gasteiger partial charge in [-0.2, -0.15) is 0 Å². The SMILES string of the molecule is CC(C)N(c1cnccn1)C1CCNCC1. The number of hydrogen-bond donors (Lipinski definition) is 1. The van der Waals surface area contributed by atoms with E-state index >= 15 is 0 Å². The molecular weight excluding hydrogens is 200 g/mol. The Kier molecular flexibility index (Phi) is 3.72. The van der Waals surface area contributed by atoms with Gasteiger partial charge in [-0.25, -0.2) is 4.98 Å². The minimum Gasteiger partial charge on any atom is -0.350 e. The highest BCUT2D eigenvalue weighted by Crippen LogP contribution is 2.21. The Balaban J connectivity index is 2.16. The first kappa shape index (κ1) is 11.3. The van der Waals surface area contributed by atoms with Crippen LogP contribution in [0.15, 0.2) is 18.6 Å². The van der Waals surface area contributed by atoms with Crippen molar-refractivity contribution in [2.45, 2.75) is 38.8 Å². The number of hydrogen-bond acceptors (Lipinski definition) is 4. The quantitative estimate of drug-likeness (QED) is 0.837. The summed E-state index contributed by atoms with van der Waals surface area (Å²) in [4.78, 5) is 11.0. The third-order valence-electron chi connectivity index (χ3n) is 3.07. The van der Waals surface area contributed by atoms with Gasteiger partial charge in [0.15, 0.2) is 0 Å². The maximum absolute atomic E-state index is 4.42. The summed E-state index contributed by atoms with van der Waals surface area (Å²) in [6.45, 7) is 6.65. The van der Waals surface area contributed by atoms with Crippen LogP contribution in [0.5, 0.6) is 0 Å². The molecule has 0 unspecified atom stereocenters. The van der Waals surface area contributed by atoms with Crippen molar-refractivity contribution in [3.8, 4) is 0 Å². The van der Waals surface area contributed by atoms with E-state index in [1.165, 1.54) is 12.8 Å². The van der Waals surface area contributed by atoms with Gasteiger partial charge in [0.1, 0.15) is 5.82 Å². The fourth-order valence-electron chi connectivity index (χ4n) is 2.38. The lowest BCUT2D eigenvalue weighted by Crippen LogP contribution is -2.47. The number of piperidine rings is 1. The summed E-state index contributed by atoms with van der Waals surface area (Å²) in [5.41, 5.74) is 0. The van der Waals surface area contributed by atoms with Gasteiger partial charge in [-0.1, -0.05) is 0 Å². The Morgan fingerprint density at radius 2 is 2.06 bits per heavy atom. The Bertz CT molecular complexity index is 306. The third kappa shape index (κ3) is 2.50. The van der Waals surface area contributed by atoms with Crippen LogP contribution in [0, 0.1) is 0 Å². The molecule has 4 nitrogen and oxygen atoms in total. The van der Waals surface area contributed by atoms with E-state index in [1.807, 2.05) is 6.20 Å². The van der Waals surface area contributed by atoms with Crippen LogP contribution in [-0.2, 0) is 0 Å². The molecule has 0 spiro atoms. The van der Waals surface area contributed by atoms with E-state index in [0.29, 0.717) is 12.1 Å². The molecule has 0 atom stereocenters. The van der Waals surface area contributed by atoms with Gasteiger partial charge in [0.2, 0.25) is 0 Å². The molecule has 1 fully saturated rings. The average Bonchev–Trinajstić information content (AvgIpc) is 2.31. The van der Waals surface area contributed by atoms with Crippen LogP contribution < -0.4 is 10.2 Å². The highest BCUT2D eigenvalue weighted by Gasteiger charge is 2.24. The molecule has 1 aromatic heterocycles. The van der Waals surface area contributed by atoms with Crippen molar-refractivity contribution in [3.63, 3.8) is 0 Å². The molecule has 16 heavy (non-hydrogen) atoms. The molecular formula is C12H20N4. The fourth-order valence-corrected chi connectivity index (χ4v) is 2.38. The standard InChI is InChI=1S/C12H20N4/c1-10(2)16(11-3-5-13-6-4-11)12-9-14-7-8-15-12/h7-11,13H,3-6H2,1-2H3. The minimum atomic E-state index is 0.472. The zero-order valence-corrected chi connectivity index (χ0v) is 10.1. The fraction of sp³-hybridized carbons (Fsp3) is 0.667. The maximum Gasteiger partial charge on any atom is 0.147 e. The Morgan fingerprint density at radius 1 is 1.31 bits per heavy atom. The van der Waals surface area contributed by atoms with E-state index in [1.54, 1.807) is 12.4 Å². The van der Waals surface area contributed by atoms with Crippen LogP contribution in [0.4, 0.5) is 5.82 Å². The van der Waals surface area contributed by atoms with Crippen LogP contribution in [0.1, 0.15) is 26.7 Å². The second-order valence-corrected chi connectivity index (χ2v) is 4.55. The average molecular weight is 220 g/mol. The van der Waals surface area contributed by atoms with Crippen molar-refractivity contribution >= 4 is 5.82 Å². The number of nitrogens with zero attached hydrogens (tertiary/aromatic N) is 3. The van der Waals surface area contributed by atoms with E-state index in [0.717, 1.165) is 18.9 Å².